The van der Waals surface area contributed by atoms with Gasteiger partial charge in [0, 0.05) is 41.9 Å². The molecule has 1 aromatic rings. The summed E-state index contributed by atoms with van der Waals surface area (Å²) in [5.74, 6) is 0.708. The topological polar surface area (TPSA) is 15.3 Å². The minimum atomic E-state index is 0.521. The van der Waals surface area contributed by atoms with Crippen LogP contribution in [0.2, 0.25) is 5.02 Å². The fraction of sp³-hybridized carbons (Fsp3) is 0.647. The molecule has 0 aliphatic heterocycles. The van der Waals surface area contributed by atoms with E-state index >= 15 is 0 Å². The molecule has 1 atom stereocenters. The van der Waals surface area contributed by atoms with Gasteiger partial charge in [-0.25, -0.2) is 0 Å². The normalized spacial score (nSPS) is 16.5. The number of hydrogen-bond acceptors (Lipinski definition) is 2. The van der Waals surface area contributed by atoms with Crippen LogP contribution in [0, 0.1) is 5.92 Å². The Morgan fingerprint density at radius 3 is 2.60 bits per heavy atom. The van der Waals surface area contributed by atoms with Crippen LogP contribution in [-0.4, -0.2) is 19.1 Å². The summed E-state index contributed by atoms with van der Waals surface area (Å²) < 4.78 is 0. The summed E-state index contributed by atoms with van der Waals surface area (Å²) in [6, 6.07) is 7.46. The van der Waals surface area contributed by atoms with Crippen molar-refractivity contribution in [1.82, 2.24) is 5.32 Å². The van der Waals surface area contributed by atoms with Gasteiger partial charge in [-0.2, -0.15) is 0 Å². The van der Waals surface area contributed by atoms with Gasteiger partial charge in [0.1, 0.15) is 0 Å². The third-order valence-electron chi connectivity index (χ3n) is 4.09. The highest BCUT2D eigenvalue weighted by Crippen LogP contribution is 2.30. The molecule has 1 aliphatic carbocycles. The van der Waals surface area contributed by atoms with E-state index in [1.807, 2.05) is 6.07 Å². The molecule has 1 aromatic carbocycles. The van der Waals surface area contributed by atoms with E-state index in [2.05, 4.69) is 50.2 Å². The van der Waals surface area contributed by atoms with Gasteiger partial charge in [0.05, 0.1) is 0 Å². The van der Waals surface area contributed by atoms with E-state index in [4.69, 9.17) is 11.6 Å². The van der Waals surface area contributed by atoms with Crippen LogP contribution in [0.1, 0.15) is 45.6 Å². The molecule has 20 heavy (non-hydrogen) atoms. The Kier molecular flexibility index (Phi) is 5.34. The van der Waals surface area contributed by atoms with Gasteiger partial charge in [-0.05, 0) is 44.2 Å². The van der Waals surface area contributed by atoms with Crippen molar-refractivity contribution in [3.8, 4) is 0 Å². The fourth-order valence-corrected chi connectivity index (χ4v) is 2.90. The molecule has 0 amide bonds. The molecular formula is C17H27ClN2. The first-order valence-electron chi connectivity index (χ1n) is 7.72. The first-order valence-corrected chi connectivity index (χ1v) is 8.10. The zero-order valence-electron chi connectivity index (χ0n) is 13.1. The number of rotatable bonds is 7. The van der Waals surface area contributed by atoms with Crippen molar-refractivity contribution < 1.29 is 0 Å². The predicted octanol–water partition coefficient (Wildman–Crippen LogP) is 4.46. The second-order valence-electron chi connectivity index (χ2n) is 6.48. The Bertz CT molecular complexity index is 441. The molecule has 1 unspecified atom stereocenters. The average molecular weight is 295 g/mol. The molecule has 0 aromatic heterocycles. The summed E-state index contributed by atoms with van der Waals surface area (Å²) in [5.41, 5.74) is 2.50. The van der Waals surface area contributed by atoms with Crippen LogP contribution in [0.5, 0.6) is 0 Å². The van der Waals surface area contributed by atoms with Gasteiger partial charge in [0.15, 0.2) is 0 Å². The average Bonchev–Trinajstić information content (AvgIpc) is 3.19. The Morgan fingerprint density at radius 1 is 1.30 bits per heavy atom. The smallest absolute Gasteiger partial charge is 0.0471 e. The molecule has 2 rings (SSSR count). The summed E-state index contributed by atoms with van der Waals surface area (Å²) in [6.07, 6.45) is 3.80. The Hall–Kier alpha value is -0.730. The standard InChI is InChI=1S/C17H27ClN2/c1-12(2)10-13(3)20(4)17-7-5-6-16(18)15(17)11-19-14-8-9-14/h5-7,12-14,19H,8-11H2,1-4H3. The number of nitrogens with zero attached hydrogens (tertiary/aromatic N) is 1. The lowest BCUT2D eigenvalue weighted by molar-refractivity contribution is 0.503. The van der Waals surface area contributed by atoms with Gasteiger partial charge in [0.25, 0.3) is 0 Å². The minimum Gasteiger partial charge on any atom is -0.372 e. The second kappa shape index (κ2) is 6.82. The lowest BCUT2D eigenvalue weighted by atomic mass is 10.0. The largest absolute Gasteiger partial charge is 0.372 e. The monoisotopic (exact) mass is 294 g/mol. The second-order valence-corrected chi connectivity index (χ2v) is 6.89. The van der Waals surface area contributed by atoms with E-state index in [0.29, 0.717) is 18.0 Å². The Morgan fingerprint density at radius 2 is 2.00 bits per heavy atom. The molecule has 1 fully saturated rings. The molecule has 0 spiro atoms. The summed E-state index contributed by atoms with van der Waals surface area (Å²) >= 11 is 6.42. The highest BCUT2D eigenvalue weighted by atomic mass is 35.5. The van der Waals surface area contributed by atoms with Gasteiger partial charge in [-0.1, -0.05) is 31.5 Å². The van der Waals surface area contributed by atoms with Gasteiger partial charge in [-0.15, -0.1) is 0 Å². The number of halogens is 1. The maximum Gasteiger partial charge on any atom is 0.0471 e. The molecule has 1 saturated carbocycles. The predicted molar refractivity (Wildman–Crippen MR) is 88.6 cm³/mol. The molecule has 1 N–H and O–H groups in total. The van der Waals surface area contributed by atoms with E-state index in [1.165, 1.54) is 30.5 Å². The Labute approximate surface area is 128 Å². The fourth-order valence-electron chi connectivity index (χ4n) is 2.66. The van der Waals surface area contributed by atoms with E-state index in [1.54, 1.807) is 0 Å². The number of hydrogen-bond donors (Lipinski definition) is 1. The maximum atomic E-state index is 6.42. The van der Waals surface area contributed by atoms with Crippen LogP contribution in [-0.2, 0) is 6.54 Å². The molecule has 112 valence electrons. The molecule has 0 saturated heterocycles. The Balaban J connectivity index is 2.13. The first kappa shape index (κ1) is 15.7. The molecule has 0 radical (unpaired) electrons. The van der Waals surface area contributed by atoms with Crippen LogP contribution in [0.25, 0.3) is 0 Å². The van der Waals surface area contributed by atoms with Crippen molar-refractivity contribution in [3.05, 3.63) is 28.8 Å². The van der Waals surface area contributed by atoms with Crippen molar-refractivity contribution in [2.24, 2.45) is 5.92 Å². The molecule has 1 aliphatic rings. The van der Waals surface area contributed by atoms with Gasteiger partial charge < -0.3 is 10.2 Å². The molecule has 2 nitrogen and oxygen atoms in total. The van der Waals surface area contributed by atoms with E-state index in [9.17, 15) is 0 Å². The van der Waals surface area contributed by atoms with Crippen LogP contribution in [0.4, 0.5) is 5.69 Å². The quantitative estimate of drug-likeness (QED) is 0.798. The van der Waals surface area contributed by atoms with Crippen molar-refractivity contribution >= 4 is 17.3 Å². The highest BCUT2D eigenvalue weighted by molar-refractivity contribution is 6.31. The lowest BCUT2D eigenvalue weighted by Crippen LogP contribution is -2.31. The lowest BCUT2D eigenvalue weighted by Gasteiger charge is -2.30. The highest BCUT2D eigenvalue weighted by Gasteiger charge is 2.22. The van der Waals surface area contributed by atoms with Crippen LogP contribution >= 0.6 is 11.6 Å². The van der Waals surface area contributed by atoms with Gasteiger partial charge in [0.2, 0.25) is 0 Å². The third kappa shape index (κ3) is 4.13. The summed E-state index contributed by atoms with van der Waals surface area (Å²) in [7, 11) is 2.18. The van der Waals surface area contributed by atoms with Crippen molar-refractivity contribution in [2.75, 3.05) is 11.9 Å². The molecular weight excluding hydrogens is 268 g/mol. The van der Waals surface area contributed by atoms with E-state index in [0.717, 1.165) is 11.6 Å². The van der Waals surface area contributed by atoms with Gasteiger partial charge in [-0.3, -0.25) is 0 Å². The third-order valence-corrected chi connectivity index (χ3v) is 4.45. The number of benzene rings is 1. The molecule has 0 bridgehead atoms. The van der Waals surface area contributed by atoms with E-state index < -0.39 is 0 Å². The summed E-state index contributed by atoms with van der Waals surface area (Å²) in [6.45, 7) is 7.72. The minimum absolute atomic E-state index is 0.521. The van der Waals surface area contributed by atoms with Gasteiger partial charge >= 0.3 is 0 Å². The first-order chi connectivity index (χ1) is 9.49. The van der Waals surface area contributed by atoms with E-state index in [-0.39, 0.29) is 0 Å². The molecule has 0 heterocycles. The summed E-state index contributed by atoms with van der Waals surface area (Å²) in [5, 5.41) is 4.45. The zero-order valence-corrected chi connectivity index (χ0v) is 13.9. The number of anilines is 1. The number of nitrogens with one attached hydrogen (secondary N) is 1. The SMILES string of the molecule is CC(C)CC(C)N(C)c1cccc(Cl)c1CNC1CC1. The van der Waals surface area contributed by atoms with Crippen molar-refractivity contribution in [1.29, 1.82) is 0 Å². The van der Waals surface area contributed by atoms with Crippen LogP contribution < -0.4 is 10.2 Å². The van der Waals surface area contributed by atoms with Crippen LogP contribution in [0.3, 0.4) is 0 Å². The van der Waals surface area contributed by atoms with Crippen molar-refractivity contribution in [3.63, 3.8) is 0 Å². The van der Waals surface area contributed by atoms with Crippen molar-refractivity contribution in [2.45, 2.75) is 58.7 Å². The summed E-state index contributed by atoms with van der Waals surface area (Å²) in [4.78, 5) is 2.37. The maximum absolute atomic E-state index is 6.42. The van der Waals surface area contributed by atoms with Crippen LogP contribution in [0.15, 0.2) is 18.2 Å². The zero-order chi connectivity index (χ0) is 14.7. The molecule has 3 heteroatoms.